The van der Waals surface area contributed by atoms with Crippen molar-refractivity contribution in [1.29, 1.82) is 0 Å². The van der Waals surface area contributed by atoms with E-state index in [2.05, 4.69) is 31.2 Å². The largest absolute Gasteiger partial charge is 0.347 e. The first-order valence-electron chi connectivity index (χ1n) is 16.3. The zero-order chi connectivity index (χ0) is 33.3. The van der Waals surface area contributed by atoms with Crippen LogP contribution >= 0.6 is 0 Å². The Kier molecular flexibility index (Phi) is 13.0. The van der Waals surface area contributed by atoms with Gasteiger partial charge in [0.05, 0.1) is 12.2 Å². The molecule has 0 aromatic carbocycles. The first kappa shape index (κ1) is 35.6. The van der Waals surface area contributed by atoms with Crippen LogP contribution in [0.5, 0.6) is 0 Å². The molecule has 2 aliphatic rings. The second-order valence-corrected chi connectivity index (χ2v) is 12.6. The average Bonchev–Trinajstić information content (AvgIpc) is 3.74. The summed E-state index contributed by atoms with van der Waals surface area (Å²) >= 11 is 0. The molecule has 248 valence electrons. The number of nitrogens with one attached hydrogen (secondary N) is 4. The summed E-state index contributed by atoms with van der Waals surface area (Å²) in [6, 6.07) is -3.76. The Balaban J connectivity index is 1.79. The van der Waals surface area contributed by atoms with Gasteiger partial charge < -0.3 is 26.2 Å². The molecule has 1 aliphatic carbocycles. The van der Waals surface area contributed by atoms with Gasteiger partial charge in [-0.05, 0) is 43.4 Å². The van der Waals surface area contributed by atoms with Crippen LogP contribution < -0.4 is 21.3 Å². The molecule has 0 bridgehead atoms. The predicted octanol–water partition coefficient (Wildman–Crippen LogP) is 1.52. The minimum absolute atomic E-state index is 0.00942. The monoisotopic (exact) mass is 627 g/mol. The molecule has 0 radical (unpaired) electrons. The Morgan fingerprint density at radius 3 is 2.20 bits per heavy atom. The summed E-state index contributed by atoms with van der Waals surface area (Å²) in [6.07, 6.45) is 8.44. The van der Waals surface area contributed by atoms with E-state index < -0.39 is 59.5 Å². The van der Waals surface area contributed by atoms with Crippen LogP contribution in [-0.4, -0.2) is 86.9 Å². The number of carbonyl (C=O) groups excluding carboxylic acids is 6. The lowest BCUT2D eigenvalue weighted by Gasteiger charge is -2.34. The highest BCUT2D eigenvalue weighted by Crippen LogP contribution is 2.29. The van der Waals surface area contributed by atoms with Crippen molar-refractivity contribution >= 4 is 35.3 Å². The lowest BCUT2D eigenvalue weighted by Crippen LogP contribution is -2.60. The molecule has 1 aromatic heterocycles. The molecule has 2 fully saturated rings. The van der Waals surface area contributed by atoms with Gasteiger partial charge in [0.1, 0.15) is 23.8 Å². The third-order valence-electron chi connectivity index (χ3n) is 8.75. The van der Waals surface area contributed by atoms with E-state index in [1.807, 2.05) is 27.7 Å². The van der Waals surface area contributed by atoms with Crippen molar-refractivity contribution in [2.45, 2.75) is 117 Å². The van der Waals surface area contributed by atoms with E-state index in [9.17, 15) is 28.8 Å². The smallest absolute Gasteiger partial charge is 0.289 e. The SMILES string of the molecule is CCCC(NC(=O)[C@@H]1[C@@H](CC)CCN1C(=O)[C@@H](NC(=O)[C@@H](NC(=O)c1cnccn1)C(C)C)[C@@H](C)CC)C(=O)C(=O)NC1CC1. The minimum Gasteiger partial charge on any atom is -0.347 e. The van der Waals surface area contributed by atoms with Crippen LogP contribution in [0, 0.1) is 17.8 Å². The Morgan fingerprint density at radius 1 is 0.933 bits per heavy atom. The van der Waals surface area contributed by atoms with E-state index >= 15 is 0 Å². The van der Waals surface area contributed by atoms with E-state index in [0.717, 1.165) is 12.8 Å². The highest BCUT2D eigenvalue weighted by Gasteiger charge is 2.45. The number of ketones is 1. The Labute approximate surface area is 265 Å². The van der Waals surface area contributed by atoms with Crippen molar-refractivity contribution in [2.24, 2.45) is 17.8 Å². The molecule has 5 amide bonds. The zero-order valence-electron chi connectivity index (χ0n) is 27.3. The van der Waals surface area contributed by atoms with Gasteiger partial charge in [0.25, 0.3) is 11.8 Å². The van der Waals surface area contributed by atoms with Crippen molar-refractivity contribution in [2.75, 3.05) is 6.54 Å². The summed E-state index contributed by atoms with van der Waals surface area (Å²) in [5.74, 6) is -4.11. The lowest BCUT2D eigenvalue weighted by molar-refractivity contribution is -0.145. The molecular weight excluding hydrogens is 578 g/mol. The van der Waals surface area contributed by atoms with Gasteiger partial charge in [0.15, 0.2) is 0 Å². The van der Waals surface area contributed by atoms with Crippen LogP contribution in [0.2, 0.25) is 0 Å². The maximum Gasteiger partial charge on any atom is 0.289 e. The lowest BCUT2D eigenvalue weighted by atomic mass is 9.93. The Morgan fingerprint density at radius 2 is 1.64 bits per heavy atom. The molecule has 3 rings (SSSR count). The normalized spacial score (nSPS) is 20.5. The van der Waals surface area contributed by atoms with Crippen LogP contribution in [0.25, 0.3) is 0 Å². The van der Waals surface area contributed by atoms with Crippen LogP contribution in [-0.2, 0) is 24.0 Å². The molecule has 1 unspecified atom stereocenters. The topological polar surface area (TPSA) is 180 Å². The fourth-order valence-electron chi connectivity index (χ4n) is 5.61. The van der Waals surface area contributed by atoms with E-state index in [-0.39, 0.29) is 29.5 Å². The molecule has 1 saturated carbocycles. The third-order valence-corrected chi connectivity index (χ3v) is 8.75. The highest BCUT2D eigenvalue weighted by atomic mass is 16.2. The maximum absolute atomic E-state index is 14.2. The number of amides is 5. The van der Waals surface area contributed by atoms with E-state index in [0.29, 0.717) is 38.6 Å². The van der Waals surface area contributed by atoms with Gasteiger partial charge in [0.2, 0.25) is 23.5 Å². The van der Waals surface area contributed by atoms with Gasteiger partial charge in [-0.25, -0.2) is 4.98 Å². The number of hydrogen-bond acceptors (Lipinski definition) is 8. The molecule has 13 heteroatoms. The molecule has 0 spiro atoms. The summed E-state index contributed by atoms with van der Waals surface area (Å²) in [4.78, 5) is 89.2. The third kappa shape index (κ3) is 9.30. The molecule has 1 aliphatic heterocycles. The number of nitrogens with zero attached hydrogens (tertiary/aromatic N) is 3. The fourth-order valence-corrected chi connectivity index (χ4v) is 5.61. The quantitative estimate of drug-likeness (QED) is 0.199. The molecule has 13 nitrogen and oxygen atoms in total. The number of Topliss-reactive ketones (excluding diaryl/α,β-unsaturated/α-hetero) is 1. The van der Waals surface area contributed by atoms with Crippen molar-refractivity contribution < 1.29 is 28.8 Å². The van der Waals surface area contributed by atoms with E-state index in [4.69, 9.17) is 0 Å². The molecule has 45 heavy (non-hydrogen) atoms. The standard InChI is InChI=1S/C32H49N7O6/c1-7-10-22(27(40)31(44)35-21-11-12-21)36-30(43)26-20(9-3)13-16-39(26)32(45)25(19(6)8-2)38-29(42)24(18(4)5)37-28(41)23-17-33-14-15-34-23/h14-15,17-22,24-26H,7-13,16H2,1-6H3,(H,35,44)(H,36,43)(H,37,41)(H,38,42)/t19-,20-,22?,24-,25-,26-/m0/s1. The van der Waals surface area contributed by atoms with Gasteiger partial charge in [-0.3, -0.25) is 33.8 Å². The van der Waals surface area contributed by atoms with Crippen molar-refractivity contribution in [1.82, 2.24) is 36.1 Å². The number of carbonyl (C=O) groups is 6. The number of rotatable bonds is 16. The van der Waals surface area contributed by atoms with Gasteiger partial charge in [0, 0.05) is 25.0 Å². The van der Waals surface area contributed by atoms with E-state index in [1.165, 1.54) is 23.5 Å². The first-order valence-corrected chi connectivity index (χ1v) is 16.3. The molecule has 6 atom stereocenters. The minimum atomic E-state index is -0.994. The zero-order valence-corrected chi connectivity index (χ0v) is 27.3. The Hall–Kier alpha value is -3.90. The highest BCUT2D eigenvalue weighted by molar-refractivity contribution is 6.38. The van der Waals surface area contributed by atoms with Gasteiger partial charge in [-0.15, -0.1) is 0 Å². The van der Waals surface area contributed by atoms with Crippen molar-refractivity contribution in [3.05, 3.63) is 24.3 Å². The fraction of sp³-hybridized carbons (Fsp3) is 0.688. The number of hydrogen-bond donors (Lipinski definition) is 4. The molecule has 1 aromatic rings. The number of likely N-dealkylation sites (tertiary alicyclic amines) is 1. The predicted molar refractivity (Wildman–Crippen MR) is 166 cm³/mol. The van der Waals surface area contributed by atoms with Crippen LogP contribution in [0.4, 0.5) is 0 Å². The van der Waals surface area contributed by atoms with Crippen molar-refractivity contribution in [3.63, 3.8) is 0 Å². The Bertz CT molecular complexity index is 1220. The number of aromatic nitrogens is 2. The molecule has 1 saturated heterocycles. The van der Waals surface area contributed by atoms with Gasteiger partial charge in [-0.2, -0.15) is 0 Å². The van der Waals surface area contributed by atoms with Gasteiger partial charge >= 0.3 is 0 Å². The molecule has 4 N–H and O–H groups in total. The first-order chi connectivity index (χ1) is 21.4. The summed E-state index contributed by atoms with van der Waals surface area (Å²) in [5, 5.41) is 11.1. The second kappa shape index (κ2) is 16.4. The van der Waals surface area contributed by atoms with Crippen LogP contribution in [0.3, 0.4) is 0 Å². The van der Waals surface area contributed by atoms with Crippen LogP contribution in [0.15, 0.2) is 18.6 Å². The average molecular weight is 628 g/mol. The summed E-state index contributed by atoms with van der Waals surface area (Å²) in [7, 11) is 0. The van der Waals surface area contributed by atoms with Gasteiger partial charge in [-0.1, -0.05) is 60.8 Å². The van der Waals surface area contributed by atoms with E-state index in [1.54, 1.807) is 13.8 Å². The van der Waals surface area contributed by atoms with Crippen molar-refractivity contribution in [3.8, 4) is 0 Å². The summed E-state index contributed by atoms with van der Waals surface area (Å²) in [5.41, 5.74) is 0.0620. The van der Waals surface area contributed by atoms with Crippen LogP contribution in [0.1, 0.15) is 97.0 Å². The summed E-state index contributed by atoms with van der Waals surface area (Å²) < 4.78 is 0. The second-order valence-electron chi connectivity index (χ2n) is 12.6. The molecular formula is C32H49N7O6. The molecule has 2 heterocycles. The maximum atomic E-state index is 14.2. The summed E-state index contributed by atoms with van der Waals surface area (Å²) in [6.45, 7) is 11.4.